The van der Waals surface area contributed by atoms with E-state index in [2.05, 4.69) is 0 Å². The normalized spacial score (nSPS) is 11.3. The number of benzene rings is 2. The zero-order valence-electron chi connectivity index (χ0n) is 13.5. The maximum atomic E-state index is 12.8. The predicted molar refractivity (Wildman–Crippen MR) is 97.1 cm³/mol. The molecule has 0 fully saturated rings. The lowest BCUT2D eigenvalue weighted by atomic mass is 10.2. The first-order valence-corrected chi connectivity index (χ1v) is 9.78. The van der Waals surface area contributed by atoms with Gasteiger partial charge in [-0.3, -0.25) is 9.05 Å². The molecule has 8 heteroatoms. The van der Waals surface area contributed by atoms with Gasteiger partial charge in [-0.25, -0.2) is 9.36 Å². The van der Waals surface area contributed by atoms with Crippen molar-refractivity contribution in [2.24, 2.45) is 0 Å². The second-order valence-electron chi connectivity index (χ2n) is 5.00. The first-order valence-electron chi connectivity index (χ1n) is 7.48. The van der Waals surface area contributed by atoms with Gasteiger partial charge in [0.25, 0.3) is 0 Å². The summed E-state index contributed by atoms with van der Waals surface area (Å²) in [5, 5.41) is 1.13. The Morgan fingerprint density at radius 3 is 1.64 bits per heavy atom. The van der Waals surface area contributed by atoms with Gasteiger partial charge in [0.2, 0.25) is 0 Å². The van der Waals surface area contributed by atoms with Crippen molar-refractivity contribution in [2.75, 3.05) is 6.61 Å². The number of hydrogen-bond donors (Lipinski definition) is 0. The fourth-order valence-electron chi connectivity index (χ4n) is 1.83. The summed E-state index contributed by atoms with van der Waals surface area (Å²) in [6.07, 6.45) is 0. The van der Waals surface area contributed by atoms with E-state index in [4.69, 9.17) is 37.0 Å². The molecule has 0 radical (unpaired) electrons. The molecule has 2 aromatic carbocycles. The SMILES string of the molecule is CCOC(=O)P(=O)(OCc1ccc(Cl)cc1)OCc1ccc(Cl)cc1. The van der Waals surface area contributed by atoms with Gasteiger partial charge < -0.3 is 4.74 Å². The lowest BCUT2D eigenvalue weighted by Gasteiger charge is -2.17. The van der Waals surface area contributed by atoms with E-state index >= 15 is 0 Å². The standard InChI is InChI=1S/C17H17Cl2O5P/c1-2-22-17(20)25(21,23-11-13-3-7-15(18)8-4-13)24-12-14-5-9-16(19)10-6-14/h3-10H,2,11-12H2,1H3. The highest BCUT2D eigenvalue weighted by Gasteiger charge is 2.37. The number of ether oxygens (including phenoxy) is 1. The zero-order valence-corrected chi connectivity index (χ0v) is 15.9. The number of halogens is 2. The molecule has 0 aromatic heterocycles. The van der Waals surface area contributed by atoms with Crippen molar-refractivity contribution in [3.05, 3.63) is 69.7 Å². The van der Waals surface area contributed by atoms with Crippen LogP contribution in [0.1, 0.15) is 18.1 Å². The first kappa shape index (κ1) is 20.0. The van der Waals surface area contributed by atoms with Crippen LogP contribution in [0.15, 0.2) is 48.5 Å². The minimum absolute atomic E-state index is 0.0669. The van der Waals surface area contributed by atoms with Crippen molar-refractivity contribution in [1.29, 1.82) is 0 Å². The van der Waals surface area contributed by atoms with Crippen LogP contribution in [0.3, 0.4) is 0 Å². The van der Waals surface area contributed by atoms with Crippen LogP contribution in [-0.4, -0.2) is 12.3 Å². The van der Waals surface area contributed by atoms with Crippen molar-refractivity contribution >= 4 is 36.5 Å². The molecule has 134 valence electrons. The molecule has 2 aromatic rings. The highest BCUT2D eigenvalue weighted by Crippen LogP contribution is 2.51. The van der Waals surface area contributed by atoms with Gasteiger partial charge in [-0.1, -0.05) is 47.5 Å². The van der Waals surface area contributed by atoms with E-state index in [1.54, 1.807) is 55.5 Å². The van der Waals surface area contributed by atoms with Gasteiger partial charge in [0.15, 0.2) is 0 Å². The third-order valence-electron chi connectivity index (χ3n) is 3.12. The number of carbonyl (C=O) groups excluding carboxylic acids is 1. The molecule has 0 N–H and O–H groups in total. The third-order valence-corrected chi connectivity index (χ3v) is 5.14. The quantitative estimate of drug-likeness (QED) is 0.500. The second-order valence-corrected chi connectivity index (χ2v) is 7.75. The molecule has 2 rings (SSSR count). The monoisotopic (exact) mass is 402 g/mol. The van der Waals surface area contributed by atoms with Gasteiger partial charge in [0, 0.05) is 10.0 Å². The van der Waals surface area contributed by atoms with Crippen LogP contribution in [0.2, 0.25) is 10.0 Å². The molecule has 0 atom stereocenters. The molecule has 0 aliphatic heterocycles. The highest BCUT2D eigenvalue weighted by molar-refractivity contribution is 7.71. The summed E-state index contributed by atoms with van der Waals surface area (Å²) >= 11 is 11.6. The Balaban J connectivity index is 2.06. The summed E-state index contributed by atoms with van der Waals surface area (Å²) < 4.78 is 28.3. The molecule has 0 saturated heterocycles. The van der Waals surface area contributed by atoms with E-state index in [1.807, 2.05) is 0 Å². The molecule has 0 amide bonds. The summed E-state index contributed by atoms with van der Waals surface area (Å²) in [7, 11) is -4.11. The lowest BCUT2D eigenvalue weighted by molar-refractivity contribution is 0.144. The summed E-state index contributed by atoms with van der Waals surface area (Å²) in [5.41, 5.74) is 0.381. The molecule has 0 aliphatic carbocycles. The van der Waals surface area contributed by atoms with E-state index in [1.165, 1.54) is 0 Å². The Hall–Kier alpha value is -1.36. The first-order chi connectivity index (χ1) is 11.9. The highest BCUT2D eigenvalue weighted by atomic mass is 35.5. The van der Waals surface area contributed by atoms with E-state index < -0.39 is 13.3 Å². The van der Waals surface area contributed by atoms with Crippen molar-refractivity contribution < 1.29 is 23.1 Å². The number of carbonyl (C=O) groups is 1. The smallest absolute Gasteiger partial charge is 0.439 e. The maximum absolute atomic E-state index is 12.8. The minimum Gasteiger partial charge on any atom is -0.457 e. The molecule has 25 heavy (non-hydrogen) atoms. The van der Waals surface area contributed by atoms with E-state index in [0.717, 1.165) is 0 Å². The molecule has 0 unspecified atom stereocenters. The summed E-state index contributed by atoms with van der Waals surface area (Å²) in [5.74, 6) is 0. The van der Waals surface area contributed by atoms with Gasteiger partial charge >= 0.3 is 13.3 Å². The molecule has 0 spiro atoms. The van der Waals surface area contributed by atoms with Gasteiger partial charge in [0.05, 0.1) is 19.8 Å². The largest absolute Gasteiger partial charge is 0.457 e. The summed E-state index contributed by atoms with van der Waals surface area (Å²) in [4.78, 5) is 12.0. The summed E-state index contributed by atoms with van der Waals surface area (Å²) in [6, 6.07) is 13.5. The summed E-state index contributed by atoms with van der Waals surface area (Å²) in [6.45, 7) is 1.53. The Morgan fingerprint density at radius 1 is 0.880 bits per heavy atom. The molecule has 5 nitrogen and oxygen atoms in total. The van der Waals surface area contributed by atoms with Crippen molar-refractivity contribution in [3.8, 4) is 0 Å². The van der Waals surface area contributed by atoms with Crippen LogP contribution in [0, 0.1) is 0 Å². The van der Waals surface area contributed by atoms with Crippen LogP contribution in [-0.2, 0) is 31.6 Å². The maximum Gasteiger partial charge on any atom is 0.439 e. The third kappa shape index (κ3) is 6.14. The van der Waals surface area contributed by atoms with Crippen LogP contribution >= 0.6 is 30.8 Å². The van der Waals surface area contributed by atoms with Crippen molar-refractivity contribution in [3.63, 3.8) is 0 Å². The van der Waals surface area contributed by atoms with E-state index in [0.29, 0.717) is 21.2 Å². The number of hydrogen-bond acceptors (Lipinski definition) is 5. The molecule has 0 heterocycles. The predicted octanol–water partition coefficient (Wildman–Crippen LogP) is 6.08. The average molecular weight is 403 g/mol. The van der Waals surface area contributed by atoms with Crippen LogP contribution < -0.4 is 0 Å². The van der Waals surface area contributed by atoms with Crippen LogP contribution in [0.5, 0.6) is 0 Å². The van der Waals surface area contributed by atoms with Crippen molar-refractivity contribution in [2.45, 2.75) is 20.1 Å². The molecule has 0 aliphatic rings. The fraction of sp³-hybridized carbons (Fsp3) is 0.235. The Morgan fingerprint density at radius 2 is 1.28 bits per heavy atom. The average Bonchev–Trinajstić information content (AvgIpc) is 2.61. The lowest BCUT2D eigenvalue weighted by Crippen LogP contribution is -2.09. The van der Waals surface area contributed by atoms with Gasteiger partial charge in [-0.05, 0) is 42.3 Å². The number of rotatable bonds is 8. The van der Waals surface area contributed by atoms with Crippen LogP contribution in [0.4, 0.5) is 4.79 Å². The zero-order chi connectivity index (χ0) is 18.3. The molecule has 0 bridgehead atoms. The van der Waals surface area contributed by atoms with E-state index in [-0.39, 0.29) is 19.8 Å². The second kappa shape index (κ2) is 9.37. The van der Waals surface area contributed by atoms with Gasteiger partial charge in [-0.15, -0.1) is 0 Å². The Labute approximate surface area is 156 Å². The topological polar surface area (TPSA) is 61.8 Å². The molecular formula is C17H17Cl2O5P. The van der Waals surface area contributed by atoms with Gasteiger partial charge in [-0.2, -0.15) is 0 Å². The Kier molecular flexibility index (Phi) is 7.48. The fourth-order valence-corrected chi connectivity index (χ4v) is 3.29. The van der Waals surface area contributed by atoms with Crippen LogP contribution in [0.25, 0.3) is 0 Å². The van der Waals surface area contributed by atoms with E-state index in [9.17, 15) is 9.36 Å². The van der Waals surface area contributed by atoms with Crippen molar-refractivity contribution in [1.82, 2.24) is 0 Å². The Bertz CT molecular complexity index is 693. The molecule has 0 saturated carbocycles. The minimum atomic E-state index is -4.11. The van der Waals surface area contributed by atoms with Gasteiger partial charge in [0.1, 0.15) is 0 Å². The molecular weight excluding hydrogens is 386 g/mol.